The van der Waals surface area contributed by atoms with Crippen molar-refractivity contribution in [1.29, 1.82) is 0 Å². The number of hydrogen-bond donors (Lipinski definition) is 1. The van der Waals surface area contributed by atoms with E-state index in [-0.39, 0.29) is 5.56 Å². The summed E-state index contributed by atoms with van der Waals surface area (Å²) in [5.41, 5.74) is 8.27. The number of carbonyl (C=O) groups is 1. The molecule has 0 saturated heterocycles. The molecule has 1 aliphatic carbocycles. The normalized spacial score (nSPS) is 14.0. The number of rotatable bonds is 3. The van der Waals surface area contributed by atoms with Gasteiger partial charge in [0.1, 0.15) is 11.6 Å². The average molecular weight is 287 g/mol. The Morgan fingerprint density at radius 2 is 2.14 bits per heavy atom. The number of primary amides is 1. The van der Waals surface area contributed by atoms with Gasteiger partial charge < -0.3 is 10.3 Å². The van der Waals surface area contributed by atoms with Crippen LogP contribution in [0.2, 0.25) is 0 Å². The Morgan fingerprint density at radius 3 is 2.86 bits per heavy atom. The molecule has 1 heterocycles. The first-order valence-corrected chi connectivity index (χ1v) is 7.19. The summed E-state index contributed by atoms with van der Waals surface area (Å²) in [4.78, 5) is 15.7. The lowest BCUT2D eigenvalue weighted by molar-refractivity contribution is 0.1000. The Morgan fingerprint density at radius 1 is 1.38 bits per heavy atom. The second kappa shape index (κ2) is 5.31. The summed E-state index contributed by atoms with van der Waals surface area (Å²) in [6.07, 6.45) is 4.33. The van der Waals surface area contributed by atoms with Crippen LogP contribution in [0, 0.1) is 12.7 Å². The fraction of sp³-hybridized carbons (Fsp3) is 0.375. The van der Waals surface area contributed by atoms with Crippen LogP contribution in [0.3, 0.4) is 0 Å². The van der Waals surface area contributed by atoms with Gasteiger partial charge in [-0.05, 0) is 44.7 Å². The topological polar surface area (TPSA) is 60.9 Å². The van der Waals surface area contributed by atoms with E-state index in [1.54, 1.807) is 12.1 Å². The zero-order chi connectivity index (χ0) is 15.0. The van der Waals surface area contributed by atoms with Gasteiger partial charge in [-0.1, -0.05) is 6.07 Å². The zero-order valence-electron chi connectivity index (χ0n) is 12.0. The first kappa shape index (κ1) is 13.8. The smallest absolute Gasteiger partial charge is 0.248 e. The summed E-state index contributed by atoms with van der Waals surface area (Å²) in [6, 6.07) is 4.40. The molecule has 1 aromatic heterocycles. The minimum Gasteiger partial charge on any atom is -0.366 e. The highest BCUT2D eigenvalue weighted by atomic mass is 19.1. The molecule has 1 aliphatic rings. The van der Waals surface area contributed by atoms with E-state index in [1.165, 1.54) is 18.2 Å². The first-order chi connectivity index (χ1) is 10.1. The number of nitrogens with two attached hydrogens (primary N) is 1. The van der Waals surface area contributed by atoms with Gasteiger partial charge in [-0.3, -0.25) is 4.79 Å². The Hall–Kier alpha value is -2.17. The van der Waals surface area contributed by atoms with Crippen LogP contribution in [-0.4, -0.2) is 15.5 Å². The third-order valence-corrected chi connectivity index (χ3v) is 4.09. The van der Waals surface area contributed by atoms with Gasteiger partial charge in [0.2, 0.25) is 5.91 Å². The van der Waals surface area contributed by atoms with E-state index in [2.05, 4.69) is 9.55 Å². The minimum atomic E-state index is -0.614. The van der Waals surface area contributed by atoms with Crippen LogP contribution >= 0.6 is 0 Å². The number of amides is 1. The molecule has 0 unspecified atom stereocenters. The Bertz CT molecular complexity index is 706. The van der Waals surface area contributed by atoms with Crippen molar-refractivity contribution >= 4 is 5.91 Å². The van der Waals surface area contributed by atoms with Crippen LogP contribution in [0.25, 0.3) is 0 Å². The third kappa shape index (κ3) is 2.55. The monoisotopic (exact) mass is 287 g/mol. The summed E-state index contributed by atoms with van der Waals surface area (Å²) < 4.78 is 16.2. The molecule has 0 bridgehead atoms. The van der Waals surface area contributed by atoms with Crippen LogP contribution < -0.4 is 5.73 Å². The number of nitrogens with zero attached hydrogens (tertiary/aromatic N) is 2. The summed E-state index contributed by atoms with van der Waals surface area (Å²) in [5, 5.41) is 0. The summed E-state index contributed by atoms with van der Waals surface area (Å²) in [6.45, 7) is 2.40. The molecule has 0 fully saturated rings. The van der Waals surface area contributed by atoms with E-state index in [0.29, 0.717) is 12.1 Å². The molecule has 0 radical (unpaired) electrons. The maximum atomic E-state index is 14.1. The molecule has 21 heavy (non-hydrogen) atoms. The van der Waals surface area contributed by atoms with Gasteiger partial charge in [0.25, 0.3) is 0 Å². The highest BCUT2D eigenvalue weighted by Crippen LogP contribution is 2.23. The van der Waals surface area contributed by atoms with Crippen LogP contribution in [0.1, 0.15) is 46.0 Å². The number of carbonyl (C=O) groups excluding carboxylic acids is 1. The van der Waals surface area contributed by atoms with Crippen molar-refractivity contribution < 1.29 is 9.18 Å². The van der Waals surface area contributed by atoms with E-state index < -0.39 is 11.7 Å². The predicted octanol–water partition coefficient (Wildman–Crippen LogP) is 2.36. The predicted molar refractivity (Wildman–Crippen MR) is 77.6 cm³/mol. The molecule has 5 heteroatoms. The minimum absolute atomic E-state index is 0.195. The van der Waals surface area contributed by atoms with Crippen LogP contribution in [0.4, 0.5) is 4.39 Å². The van der Waals surface area contributed by atoms with Crippen molar-refractivity contribution in [2.24, 2.45) is 5.73 Å². The van der Waals surface area contributed by atoms with Gasteiger partial charge in [0, 0.05) is 16.8 Å². The summed E-state index contributed by atoms with van der Waals surface area (Å²) in [5.74, 6) is -0.0964. The van der Waals surface area contributed by atoms with Crippen molar-refractivity contribution in [3.8, 4) is 0 Å². The van der Waals surface area contributed by atoms with Crippen molar-refractivity contribution in [3.63, 3.8) is 0 Å². The molecule has 0 aliphatic heterocycles. The molecule has 110 valence electrons. The SMILES string of the molecule is Cc1nc2c(n1Cc1ccc(C(N)=O)cc1F)CCCC2. The fourth-order valence-electron chi connectivity index (χ4n) is 2.94. The van der Waals surface area contributed by atoms with Gasteiger partial charge in [-0.2, -0.15) is 0 Å². The average Bonchev–Trinajstić information content (AvgIpc) is 2.77. The fourth-order valence-corrected chi connectivity index (χ4v) is 2.94. The maximum Gasteiger partial charge on any atom is 0.248 e. The lowest BCUT2D eigenvalue weighted by atomic mass is 10.0. The van der Waals surface area contributed by atoms with E-state index in [1.807, 2.05) is 6.92 Å². The highest BCUT2D eigenvalue weighted by molar-refractivity contribution is 5.92. The van der Waals surface area contributed by atoms with Gasteiger partial charge in [0.05, 0.1) is 12.2 Å². The second-order valence-corrected chi connectivity index (χ2v) is 5.52. The van der Waals surface area contributed by atoms with Crippen molar-refractivity contribution in [3.05, 3.63) is 52.4 Å². The molecule has 0 atom stereocenters. The lowest BCUT2D eigenvalue weighted by Gasteiger charge is -2.15. The molecule has 0 spiro atoms. The Kier molecular flexibility index (Phi) is 3.49. The van der Waals surface area contributed by atoms with Crippen LogP contribution in [0.15, 0.2) is 18.2 Å². The van der Waals surface area contributed by atoms with Gasteiger partial charge in [-0.25, -0.2) is 9.37 Å². The Balaban J connectivity index is 1.94. The van der Waals surface area contributed by atoms with Crippen LogP contribution in [-0.2, 0) is 19.4 Å². The van der Waals surface area contributed by atoms with Crippen LogP contribution in [0.5, 0.6) is 0 Å². The molecule has 4 nitrogen and oxygen atoms in total. The number of aromatic nitrogens is 2. The first-order valence-electron chi connectivity index (χ1n) is 7.19. The summed E-state index contributed by atoms with van der Waals surface area (Å²) in [7, 11) is 0. The number of imidazole rings is 1. The highest BCUT2D eigenvalue weighted by Gasteiger charge is 2.19. The maximum absolute atomic E-state index is 14.1. The van der Waals surface area contributed by atoms with Gasteiger partial charge in [-0.15, -0.1) is 0 Å². The quantitative estimate of drug-likeness (QED) is 0.942. The van der Waals surface area contributed by atoms with E-state index >= 15 is 0 Å². The van der Waals surface area contributed by atoms with Crippen molar-refractivity contribution in [1.82, 2.24) is 9.55 Å². The zero-order valence-corrected chi connectivity index (χ0v) is 12.0. The number of fused-ring (bicyclic) bond motifs is 1. The largest absolute Gasteiger partial charge is 0.366 e. The van der Waals surface area contributed by atoms with E-state index in [4.69, 9.17) is 5.73 Å². The number of aryl methyl sites for hydroxylation is 2. The van der Waals surface area contributed by atoms with Crippen molar-refractivity contribution in [2.75, 3.05) is 0 Å². The molecular formula is C16H18FN3O. The molecule has 2 N–H and O–H groups in total. The number of halogens is 1. The molecule has 3 rings (SSSR count). The van der Waals surface area contributed by atoms with Crippen molar-refractivity contribution in [2.45, 2.75) is 39.2 Å². The van der Waals surface area contributed by atoms with E-state index in [9.17, 15) is 9.18 Å². The summed E-state index contributed by atoms with van der Waals surface area (Å²) >= 11 is 0. The van der Waals surface area contributed by atoms with Gasteiger partial charge in [0.15, 0.2) is 0 Å². The lowest BCUT2D eigenvalue weighted by Crippen LogP contribution is -2.13. The third-order valence-electron chi connectivity index (χ3n) is 4.09. The van der Waals surface area contributed by atoms with Gasteiger partial charge >= 0.3 is 0 Å². The molecule has 1 aromatic carbocycles. The molecular weight excluding hydrogens is 269 g/mol. The number of hydrogen-bond acceptors (Lipinski definition) is 2. The molecule has 0 saturated carbocycles. The standard InChI is InChI=1S/C16H18FN3O/c1-10-19-14-4-2-3-5-15(14)20(10)9-12-7-6-11(16(18)21)8-13(12)17/h6-8H,2-5,9H2,1H3,(H2,18,21). The second-order valence-electron chi connectivity index (χ2n) is 5.52. The molecule has 1 amide bonds. The van der Waals surface area contributed by atoms with E-state index in [0.717, 1.165) is 30.8 Å². The Labute approximate surface area is 122 Å². The number of benzene rings is 1. The molecule has 2 aromatic rings.